The second kappa shape index (κ2) is 16.8. The summed E-state index contributed by atoms with van der Waals surface area (Å²) >= 11 is 0. The van der Waals surface area contributed by atoms with Gasteiger partial charge in [-0.25, -0.2) is 0 Å². The highest BCUT2D eigenvalue weighted by atomic mass is 16.6. The van der Waals surface area contributed by atoms with Crippen molar-refractivity contribution in [3.63, 3.8) is 0 Å². The van der Waals surface area contributed by atoms with Crippen LogP contribution in [0.2, 0.25) is 0 Å². The van der Waals surface area contributed by atoms with Crippen LogP contribution in [-0.4, -0.2) is 67.6 Å². The van der Waals surface area contributed by atoms with Gasteiger partial charge in [-0.15, -0.1) is 0 Å². The van der Waals surface area contributed by atoms with E-state index in [1.807, 2.05) is 0 Å². The van der Waals surface area contributed by atoms with E-state index in [4.69, 9.17) is 13.9 Å². The molecule has 2 aromatic carbocycles. The van der Waals surface area contributed by atoms with Crippen molar-refractivity contribution in [3.05, 3.63) is 52.2 Å². The second-order valence-corrected chi connectivity index (χ2v) is 12.1. The lowest BCUT2D eigenvalue weighted by atomic mass is 9.89. The van der Waals surface area contributed by atoms with Crippen LogP contribution in [0.3, 0.4) is 0 Å². The van der Waals surface area contributed by atoms with Gasteiger partial charge in [-0.05, 0) is 30.7 Å². The molecule has 1 aliphatic rings. The predicted octanol–water partition coefficient (Wildman–Crippen LogP) is 5.34. The predicted molar refractivity (Wildman–Crippen MR) is 171 cm³/mol. The number of carbonyl (C=O) groups excluding carboxylic acids is 1. The maximum Gasteiger partial charge on any atom is 0.305 e. The molecule has 1 saturated heterocycles. The van der Waals surface area contributed by atoms with E-state index in [1.54, 1.807) is 0 Å². The normalized spacial score (nSPS) is 21.4. The van der Waals surface area contributed by atoms with Crippen molar-refractivity contribution >= 4 is 16.9 Å². The van der Waals surface area contributed by atoms with E-state index in [1.165, 1.54) is 69.2 Å². The molecule has 1 fully saturated rings. The summed E-state index contributed by atoms with van der Waals surface area (Å²) in [6, 6.07) is 8.07. The van der Waals surface area contributed by atoms with Crippen LogP contribution in [-0.2, 0) is 14.3 Å². The number of esters is 1. The number of phenols is 3. The van der Waals surface area contributed by atoms with Crippen molar-refractivity contribution in [2.24, 2.45) is 0 Å². The van der Waals surface area contributed by atoms with Crippen LogP contribution in [0, 0.1) is 0 Å². The first-order valence-electron chi connectivity index (χ1n) is 16.3. The monoisotopic (exact) mass is 642 g/mol. The van der Waals surface area contributed by atoms with Crippen LogP contribution >= 0.6 is 0 Å². The molecular formula is C35H46O11. The van der Waals surface area contributed by atoms with Crippen molar-refractivity contribution in [3.8, 4) is 28.6 Å². The van der Waals surface area contributed by atoms with E-state index in [0.717, 1.165) is 31.4 Å². The summed E-state index contributed by atoms with van der Waals surface area (Å²) in [6.07, 6.45) is 4.63. The SMILES string of the molecule is CCCCCCCCCCCCCC(=O)OC[C@H]1O[C@@H](c2c(O)cc3oc(-c4ccc(O)cc4)cc(=O)c3c2O)[C@H](O)[C@@H](O)[C@@H]1O. The van der Waals surface area contributed by atoms with Crippen LogP contribution in [0.15, 0.2) is 45.6 Å². The van der Waals surface area contributed by atoms with Crippen molar-refractivity contribution in [1.82, 2.24) is 0 Å². The molecule has 0 saturated carbocycles. The summed E-state index contributed by atoms with van der Waals surface area (Å²) in [4.78, 5) is 25.4. The topological polar surface area (TPSA) is 187 Å². The lowest BCUT2D eigenvalue weighted by Gasteiger charge is -2.40. The third-order valence-corrected chi connectivity index (χ3v) is 8.55. The maximum absolute atomic E-state index is 13.1. The average Bonchev–Trinajstić information content (AvgIpc) is 3.03. The number of phenolic OH excluding ortho intramolecular Hbond substituents is 3. The Balaban J connectivity index is 1.35. The zero-order valence-corrected chi connectivity index (χ0v) is 26.3. The van der Waals surface area contributed by atoms with Gasteiger partial charge in [-0.2, -0.15) is 0 Å². The fraction of sp³-hybridized carbons (Fsp3) is 0.543. The van der Waals surface area contributed by atoms with Gasteiger partial charge < -0.3 is 44.5 Å². The first-order valence-corrected chi connectivity index (χ1v) is 16.3. The molecule has 5 atom stereocenters. The van der Waals surface area contributed by atoms with Gasteiger partial charge in [0, 0.05) is 24.1 Å². The molecule has 4 rings (SSSR count). The van der Waals surface area contributed by atoms with E-state index in [9.17, 15) is 40.2 Å². The third-order valence-electron chi connectivity index (χ3n) is 8.55. The standard InChI is InChI=1S/C35H46O11/c1-2-3-4-5-6-7-8-9-10-11-12-13-28(39)44-20-27-31(40)33(42)34(43)35(46-27)30-24(38)19-26-29(32(30)41)23(37)18-25(45-26)21-14-16-22(36)17-15-21/h14-19,27,31,33-36,38,40-43H,2-13,20H2,1H3/t27-,31-,33+,34-,35+/m1/s1. The Bertz CT molecular complexity index is 1480. The molecule has 6 N–H and O–H groups in total. The van der Waals surface area contributed by atoms with E-state index in [0.29, 0.717) is 12.0 Å². The van der Waals surface area contributed by atoms with Crippen LogP contribution in [0.1, 0.15) is 95.6 Å². The van der Waals surface area contributed by atoms with Crippen molar-refractivity contribution in [1.29, 1.82) is 0 Å². The minimum atomic E-state index is -1.81. The summed E-state index contributed by atoms with van der Waals surface area (Å²) < 4.78 is 16.8. The van der Waals surface area contributed by atoms with Gasteiger partial charge in [0.1, 0.15) is 71.1 Å². The summed E-state index contributed by atoms with van der Waals surface area (Å²) in [5.41, 5.74) is -0.758. The molecule has 46 heavy (non-hydrogen) atoms. The van der Waals surface area contributed by atoms with Gasteiger partial charge in [0.2, 0.25) is 0 Å². The first-order chi connectivity index (χ1) is 22.1. The quantitative estimate of drug-likeness (QED) is 0.0874. The molecule has 0 radical (unpaired) electrons. The van der Waals surface area contributed by atoms with Gasteiger partial charge in [0.05, 0.1) is 5.56 Å². The fourth-order valence-corrected chi connectivity index (χ4v) is 5.86. The average molecular weight is 643 g/mol. The number of benzene rings is 2. The molecule has 3 aromatic rings. The molecule has 0 unspecified atom stereocenters. The number of unbranched alkanes of at least 4 members (excludes halogenated alkanes) is 10. The highest BCUT2D eigenvalue weighted by Crippen LogP contribution is 2.44. The molecule has 0 bridgehead atoms. The number of aliphatic hydroxyl groups is 3. The lowest BCUT2D eigenvalue weighted by Crippen LogP contribution is -2.55. The van der Waals surface area contributed by atoms with Gasteiger partial charge >= 0.3 is 5.97 Å². The molecule has 11 nitrogen and oxygen atoms in total. The fourth-order valence-electron chi connectivity index (χ4n) is 5.86. The minimum absolute atomic E-state index is 0.0163. The van der Waals surface area contributed by atoms with Gasteiger partial charge in [0.15, 0.2) is 5.43 Å². The number of rotatable bonds is 16. The number of aliphatic hydroxyl groups excluding tert-OH is 3. The van der Waals surface area contributed by atoms with Crippen molar-refractivity contribution in [2.75, 3.05) is 6.61 Å². The van der Waals surface area contributed by atoms with Crippen LogP contribution in [0.5, 0.6) is 17.2 Å². The summed E-state index contributed by atoms with van der Waals surface area (Å²) in [7, 11) is 0. The zero-order chi connectivity index (χ0) is 33.2. The first kappa shape index (κ1) is 35.2. The van der Waals surface area contributed by atoms with E-state index >= 15 is 0 Å². The Kier molecular flexibility index (Phi) is 12.8. The molecule has 252 valence electrons. The van der Waals surface area contributed by atoms with Gasteiger partial charge in [-0.3, -0.25) is 9.59 Å². The molecule has 2 heterocycles. The Morgan fingerprint density at radius 1 is 0.804 bits per heavy atom. The van der Waals surface area contributed by atoms with E-state index < -0.39 is 65.6 Å². The van der Waals surface area contributed by atoms with Crippen LogP contribution < -0.4 is 5.43 Å². The molecule has 0 amide bonds. The number of fused-ring (bicyclic) bond motifs is 1. The van der Waals surface area contributed by atoms with Gasteiger partial charge in [-0.1, -0.05) is 71.1 Å². The summed E-state index contributed by atoms with van der Waals surface area (Å²) in [5.74, 6) is -1.70. The van der Waals surface area contributed by atoms with E-state index in [2.05, 4.69) is 6.92 Å². The van der Waals surface area contributed by atoms with Crippen LogP contribution in [0.4, 0.5) is 0 Å². The Morgan fingerprint density at radius 3 is 2.04 bits per heavy atom. The molecule has 0 aliphatic carbocycles. The highest BCUT2D eigenvalue weighted by molar-refractivity contribution is 5.88. The number of carbonyl (C=O) groups is 1. The number of hydrogen-bond acceptors (Lipinski definition) is 11. The number of ether oxygens (including phenoxy) is 2. The zero-order valence-electron chi connectivity index (χ0n) is 26.3. The van der Waals surface area contributed by atoms with E-state index in [-0.39, 0.29) is 28.9 Å². The summed E-state index contributed by atoms with van der Waals surface area (Å²) in [5, 5.41) is 63.1. The summed E-state index contributed by atoms with van der Waals surface area (Å²) in [6.45, 7) is 1.77. The largest absolute Gasteiger partial charge is 0.508 e. The number of aromatic hydroxyl groups is 3. The highest BCUT2D eigenvalue weighted by Gasteiger charge is 2.46. The van der Waals surface area contributed by atoms with Crippen molar-refractivity contribution in [2.45, 2.75) is 114 Å². The van der Waals surface area contributed by atoms with Crippen molar-refractivity contribution < 1.29 is 49.3 Å². The van der Waals surface area contributed by atoms with Gasteiger partial charge in [0.25, 0.3) is 0 Å². The second-order valence-electron chi connectivity index (χ2n) is 12.1. The molecule has 1 aromatic heterocycles. The molecular weight excluding hydrogens is 596 g/mol. The lowest BCUT2D eigenvalue weighted by molar-refractivity contribution is -0.235. The Morgan fingerprint density at radius 2 is 1.41 bits per heavy atom. The molecule has 11 heteroatoms. The third kappa shape index (κ3) is 8.79. The Labute approximate surface area is 268 Å². The Hall–Kier alpha value is -3.64. The molecule has 0 spiro atoms. The minimum Gasteiger partial charge on any atom is -0.508 e. The maximum atomic E-state index is 13.1. The van der Waals surface area contributed by atoms with Crippen LogP contribution in [0.25, 0.3) is 22.3 Å². The number of hydrogen-bond donors (Lipinski definition) is 6. The smallest absolute Gasteiger partial charge is 0.305 e. The molecule has 1 aliphatic heterocycles.